The Morgan fingerprint density at radius 2 is 2.33 bits per heavy atom. The number of hydrogen-bond acceptors (Lipinski definition) is 3. The van der Waals surface area contributed by atoms with Crippen LogP contribution in [0, 0.1) is 5.92 Å². The normalized spacial score (nSPS) is 13.3. The Morgan fingerprint density at radius 1 is 1.61 bits per heavy atom. The summed E-state index contributed by atoms with van der Waals surface area (Å²) in [7, 11) is 2.12. The summed E-state index contributed by atoms with van der Waals surface area (Å²) in [6.45, 7) is 6.48. The Balaban J connectivity index is 2.50. The number of carbonyl (C=O) groups is 1. The second-order valence-electron chi connectivity index (χ2n) is 4.73. The second kappa shape index (κ2) is 7.34. The summed E-state index contributed by atoms with van der Waals surface area (Å²) in [6.07, 6.45) is 4.01. The van der Waals surface area contributed by atoms with Gasteiger partial charge in [0.25, 0.3) is 0 Å². The van der Waals surface area contributed by atoms with E-state index in [0.717, 1.165) is 18.7 Å². The van der Waals surface area contributed by atoms with Crippen LogP contribution in [0.3, 0.4) is 0 Å². The van der Waals surface area contributed by atoms with Gasteiger partial charge in [-0.15, -0.1) is 11.3 Å². The van der Waals surface area contributed by atoms with Gasteiger partial charge in [0, 0.05) is 24.0 Å². The number of aliphatic carboxylic acids is 1. The van der Waals surface area contributed by atoms with E-state index in [1.54, 1.807) is 17.4 Å². The predicted octanol–water partition coefficient (Wildman–Crippen LogP) is 3.32. The first-order valence-corrected chi connectivity index (χ1v) is 7.06. The molecule has 0 saturated carbocycles. The summed E-state index contributed by atoms with van der Waals surface area (Å²) in [4.78, 5) is 14.0. The molecule has 4 heteroatoms. The lowest BCUT2D eigenvalue weighted by Gasteiger charge is -2.19. The summed E-state index contributed by atoms with van der Waals surface area (Å²) in [6, 6.07) is 2.05. The average molecular weight is 267 g/mol. The molecule has 18 heavy (non-hydrogen) atoms. The maximum atomic E-state index is 10.4. The molecule has 0 aliphatic rings. The summed E-state index contributed by atoms with van der Waals surface area (Å²) < 4.78 is 0. The van der Waals surface area contributed by atoms with E-state index < -0.39 is 5.97 Å². The van der Waals surface area contributed by atoms with E-state index in [2.05, 4.69) is 31.9 Å². The first kappa shape index (κ1) is 14.9. The standard InChI is InChI=1S/C14H21NO2S/c1-4-11(2)8-15(3)9-13-7-12(10-18-13)5-6-14(16)17/h5-7,10-11H,4,8-9H2,1-3H3,(H,16,17). The first-order chi connectivity index (χ1) is 8.51. The van der Waals surface area contributed by atoms with E-state index in [1.807, 2.05) is 5.38 Å². The predicted molar refractivity (Wildman–Crippen MR) is 76.8 cm³/mol. The molecular formula is C14H21NO2S. The van der Waals surface area contributed by atoms with Gasteiger partial charge in [-0.1, -0.05) is 20.3 Å². The number of nitrogens with zero attached hydrogens (tertiary/aromatic N) is 1. The molecule has 0 spiro atoms. The molecule has 1 rings (SSSR count). The molecule has 1 heterocycles. The maximum absolute atomic E-state index is 10.4. The van der Waals surface area contributed by atoms with Crippen molar-refractivity contribution in [1.82, 2.24) is 4.90 Å². The van der Waals surface area contributed by atoms with Crippen molar-refractivity contribution in [1.29, 1.82) is 0 Å². The van der Waals surface area contributed by atoms with Crippen LogP contribution in [-0.4, -0.2) is 29.6 Å². The second-order valence-corrected chi connectivity index (χ2v) is 5.72. The van der Waals surface area contributed by atoms with Gasteiger partial charge in [0.05, 0.1) is 0 Å². The molecule has 0 fully saturated rings. The lowest BCUT2D eigenvalue weighted by molar-refractivity contribution is -0.131. The monoisotopic (exact) mass is 267 g/mol. The van der Waals surface area contributed by atoms with Crippen molar-refractivity contribution in [2.45, 2.75) is 26.8 Å². The highest BCUT2D eigenvalue weighted by molar-refractivity contribution is 7.10. The van der Waals surface area contributed by atoms with Crippen LogP contribution in [0.2, 0.25) is 0 Å². The first-order valence-electron chi connectivity index (χ1n) is 6.18. The minimum Gasteiger partial charge on any atom is -0.478 e. The average Bonchev–Trinajstić information content (AvgIpc) is 2.73. The Hall–Kier alpha value is -1.13. The molecule has 0 amide bonds. The number of carboxylic acid groups (broad SMARTS) is 1. The molecular weight excluding hydrogens is 246 g/mol. The van der Waals surface area contributed by atoms with Gasteiger partial charge in [0.2, 0.25) is 0 Å². The van der Waals surface area contributed by atoms with E-state index in [0.29, 0.717) is 5.92 Å². The summed E-state index contributed by atoms with van der Waals surface area (Å²) >= 11 is 1.68. The highest BCUT2D eigenvalue weighted by Crippen LogP contribution is 2.18. The number of hydrogen-bond donors (Lipinski definition) is 1. The third kappa shape index (κ3) is 5.47. The van der Waals surface area contributed by atoms with Crippen LogP contribution in [0.25, 0.3) is 6.08 Å². The van der Waals surface area contributed by atoms with Gasteiger partial charge in [-0.05, 0) is 36.1 Å². The molecule has 0 aromatic carbocycles. The van der Waals surface area contributed by atoms with Crippen molar-refractivity contribution >= 4 is 23.4 Å². The van der Waals surface area contributed by atoms with Gasteiger partial charge in [-0.3, -0.25) is 0 Å². The van der Waals surface area contributed by atoms with Gasteiger partial charge >= 0.3 is 5.97 Å². The third-order valence-electron chi connectivity index (χ3n) is 2.84. The Morgan fingerprint density at radius 3 is 2.94 bits per heavy atom. The molecule has 1 atom stereocenters. The van der Waals surface area contributed by atoms with Crippen LogP contribution < -0.4 is 0 Å². The van der Waals surface area contributed by atoms with Crippen molar-refractivity contribution in [3.8, 4) is 0 Å². The molecule has 3 nitrogen and oxygen atoms in total. The molecule has 0 aliphatic heterocycles. The summed E-state index contributed by atoms with van der Waals surface area (Å²) in [5.41, 5.74) is 0.967. The van der Waals surface area contributed by atoms with Crippen molar-refractivity contribution < 1.29 is 9.90 Å². The fourth-order valence-corrected chi connectivity index (χ4v) is 2.66. The molecule has 1 aromatic rings. The molecule has 1 aromatic heterocycles. The van der Waals surface area contributed by atoms with Crippen LogP contribution in [0.4, 0.5) is 0 Å². The van der Waals surface area contributed by atoms with Crippen molar-refractivity contribution in [2.24, 2.45) is 5.92 Å². The van der Waals surface area contributed by atoms with Crippen molar-refractivity contribution in [3.05, 3.63) is 28.0 Å². The quantitative estimate of drug-likeness (QED) is 0.770. The Bertz CT molecular complexity index is 412. The van der Waals surface area contributed by atoms with Crippen LogP contribution in [0.15, 0.2) is 17.5 Å². The zero-order chi connectivity index (χ0) is 13.5. The van der Waals surface area contributed by atoms with Gasteiger partial charge in [0.1, 0.15) is 0 Å². The van der Waals surface area contributed by atoms with E-state index in [1.165, 1.54) is 17.4 Å². The highest BCUT2D eigenvalue weighted by atomic mass is 32.1. The smallest absolute Gasteiger partial charge is 0.328 e. The topological polar surface area (TPSA) is 40.5 Å². The molecule has 1 N–H and O–H groups in total. The zero-order valence-electron chi connectivity index (χ0n) is 11.2. The fraction of sp³-hybridized carbons (Fsp3) is 0.500. The number of thiophene rings is 1. The molecule has 100 valence electrons. The molecule has 0 bridgehead atoms. The van der Waals surface area contributed by atoms with E-state index in [4.69, 9.17) is 5.11 Å². The SMILES string of the molecule is CCC(C)CN(C)Cc1cc(C=CC(=O)O)cs1. The van der Waals surface area contributed by atoms with E-state index in [-0.39, 0.29) is 0 Å². The largest absolute Gasteiger partial charge is 0.478 e. The minimum absolute atomic E-state index is 0.710. The third-order valence-corrected chi connectivity index (χ3v) is 3.78. The Labute approximate surface area is 113 Å². The van der Waals surface area contributed by atoms with Gasteiger partial charge in [-0.2, -0.15) is 0 Å². The molecule has 1 unspecified atom stereocenters. The highest BCUT2D eigenvalue weighted by Gasteiger charge is 2.06. The summed E-state index contributed by atoms with van der Waals surface area (Å²) in [5.74, 6) is -0.196. The van der Waals surface area contributed by atoms with Gasteiger partial charge in [-0.25, -0.2) is 4.79 Å². The summed E-state index contributed by atoms with van der Waals surface area (Å²) in [5, 5.41) is 10.6. The van der Waals surface area contributed by atoms with Gasteiger partial charge in [0.15, 0.2) is 0 Å². The Kier molecular flexibility index (Phi) is 6.09. The fourth-order valence-electron chi connectivity index (χ4n) is 1.73. The van der Waals surface area contributed by atoms with Crippen LogP contribution in [-0.2, 0) is 11.3 Å². The molecule has 0 aliphatic carbocycles. The lowest BCUT2D eigenvalue weighted by atomic mass is 10.1. The van der Waals surface area contributed by atoms with Crippen LogP contribution >= 0.6 is 11.3 Å². The van der Waals surface area contributed by atoms with Gasteiger partial charge < -0.3 is 10.0 Å². The number of carboxylic acids is 1. The van der Waals surface area contributed by atoms with Crippen LogP contribution in [0.5, 0.6) is 0 Å². The number of rotatable bonds is 7. The van der Waals surface area contributed by atoms with Crippen molar-refractivity contribution in [3.63, 3.8) is 0 Å². The zero-order valence-corrected chi connectivity index (χ0v) is 12.0. The van der Waals surface area contributed by atoms with E-state index in [9.17, 15) is 4.79 Å². The van der Waals surface area contributed by atoms with E-state index >= 15 is 0 Å². The maximum Gasteiger partial charge on any atom is 0.328 e. The molecule has 0 saturated heterocycles. The van der Waals surface area contributed by atoms with Crippen molar-refractivity contribution in [2.75, 3.05) is 13.6 Å². The molecule has 0 radical (unpaired) electrons. The minimum atomic E-state index is -0.906. The van der Waals surface area contributed by atoms with Crippen LogP contribution in [0.1, 0.15) is 30.7 Å². The lowest BCUT2D eigenvalue weighted by Crippen LogP contribution is -2.23.